The van der Waals surface area contributed by atoms with Gasteiger partial charge in [0.25, 0.3) is 0 Å². The van der Waals surface area contributed by atoms with Crippen LogP contribution in [-0.4, -0.2) is 47.7 Å². The summed E-state index contributed by atoms with van der Waals surface area (Å²) in [4.78, 5) is 26.4. The number of esters is 1. The van der Waals surface area contributed by atoms with Crippen molar-refractivity contribution in [2.24, 2.45) is 5.92 Å². The van der Waals surface area contributed by atoms with Crippen LogP contribution >= 0.6 is 0 Å². The van der Waals surface area contributed by atoms with Crippen LogP contribution < -0.4 is 0 Å². The van der Waals surface area contributed by atoms with Crippen LogP contribution in [0, 0.1) is 5.92 Å². The van der Waals surface area contributed by atoms with Crippen LogP contribution in [0.25, 0.3) is 6.08 Å². The van der Waals surface area contributed by atoms with E-state index < -0.39 is 22.6 Å². The third kappa shape index (κ3) is 6.76. The number of hydrogen-bond donors (Lipinski definition) is 0. The SMILES string of the molecule is COC(=O)c1cc2oc1[C@H]1C[C@H](O[Si](C(C)C)(C(C)C)C(C)C)[C@@H]1CC(=O)/C=C/[C@@H](O[Si](C)(C)C(C)(C)C)/C(C)=C/2. The Kier molecular flexibility index (Phi) is 10.3. The quantitative estimate of drug-likeness (QED) is 0.218. The average molecular weight is 603 g/mol. The maximum atomic E-state index is 13.5. The molecule has 0 unspecified atom stereocenters. The van der Waals surface area contributed by atoms with Gasteiger partial charge < -0.3 is 18.0 Å². The molecule has 0 N–H and O–H groups in total. The normalized spacial score (nSPS) is 26.1. The van der Waals surface area contributed by atoms with Crippen molar-refractivity contribution < 1.29 is 27.6 Å². The number of carbonyl (C=O) groups is 2. The summed E-state index contributed by atoms with van der Waals surface area (Å²) < 4.78 is 25.5. The second-order valence-electron chi connectivity index (χ2n) is 14.6. The average Bonchev–Trinajstić information content (AvgIpc) is 3.24. The van der Waals surface area contributed by atoms with Gasteiger partial charge in [-0.25, -0.2) is 4.79 Å². The maximum absolute atomic E-state index is 13.5. The van der Waals surface area contributed by atoms with Gasteiger partial charge in [0.15, 0.2) is 14.1 Å². The fraction of sp³-hybridized carbons (Fsp3) is 0.697. The van der Waals surface area contributed by atoms with E-state index in [1.54, 1.807) is 12.1 Å². The number of methoxy groups -OCH3 is 1. The van der Waals surface area contributed by atoms with Crippen molar-refractivity contribution in [2.75, 3.05) is 7.11 Å². The van der Waals surface area contributed by atoms with E-state index in [1.165, 1.54) is 7.11 Å². The highest BCUT2D eigenvalue weighted by atomic mass is 28.4. The summed E-state index contributed by atoms with van der Waals surface area (Å²) in [7, 11) is -2.94. The molecular weight excluding hydrogens is 549 g/mol. The molecule has 6 nitrogen and oxygen atoms in total. The molecule has 0 aromatic carbocycles. The van der Waals surface area contributed by atoms with Gasteiger partial charge >= 0.3 is 5.97 Å². The van der Waals surface area contributed by atoms with E-state index in [4.69, 9.17) is 18.0 Å². The van der Waals surface area contributed by atoms with Crippen molar-refractivity contribution in [1.29, 1.82) is 0 Å². The Hall–Kier alpha value is -1.75. The molecule has 0 radical (unpaired) electrons. The maximum Gasteiger partial charge on any atom is 0.341 e. The molecule has 1 fully saturated rings. The predicted octanol–water partition coefficient (Wildman–Crippen LogP) is 9.05. The number of ether oxygens (including phenoxy) is 1. The molecule has 230 valence electrons. The lowest BCUT2D eigenvalue weighted by Gasteiger charge is -2.52. The van der Waals surface area contributed by atoms with Crippen LogP contribution in [0.3, 0.4) is 0 Å². The van der Waals surface area contributed by atoms with E-state index in [2.05, 4.69) is 75.4 Å². The summed E-state index contributed by atoms with van der Waals surface area (Å²) in [5, 5.41) is 0.00800. The molecule has 2 aliphatic rings. The van der Waals surface area contributed by atoms with E-state index in [-0.39, 0.29) is 34.9 Å². The zero-order valence-electron chi connectivity index (χ0n) is 27.7. The molecule has 0 amide bonds. The predicted molar refractivity (Wildman–Crippen MR) is 171 cm³/mol. The van der Waals surface area contributed by atoms with E-state index in [0.29, 0.717) is 40.1 Å². The van der Waals surface area contributed by atoms with Crippen molar-refractivity contribution in [2.45, 2.75) is 135 Å². The first kappa shape index (κ1) is 33.8. The van der Waals surface area contributed by atoms with Crippen LogP contribution in [0.4, 0.5) is 0 Å². The highest BCUT2D eigenvalue weighted by Gasteiger charge is 2.53. The fourth-order valence-corrected chi connectivity index (χ4v) is 13.5. The van der Waals surface area contributed by atoms with Crippen molar-refractivity contribution in [3.63, 3.8) is 0 Å². The zero-order chi connectivity index (χ0) is 31.1. The van der Waals surface area contributed by atoms with E-state index in [0.717, 1.165) is 12.0 Å². The van der Waals surface area contributed by atoms with Crippen molar-refractivity contribution in [1.82, 2.24) is 0 Å². The van der Waals surface area contributed by atoms with Crippen LogP contribution in [0.2, 0.25) is 34.8 Å². The Morgan fingerprint density at radius 1 is 1.02 bits per heavy atom. The molecule has 0 saturated heterocycles. The van der Waals surface area contributed by atoms with Gasteiger partial charge in [0.05, 0.1) is 13.2 Å². The summed E-state index contributed by atoms with van der Waals surface area (Å²) >= 11 is 0. The van der Waals surface area contributed by atoms with Crippen molar-refractivity contribution >= 4 is 34.5 Å². The van der Waals surface area contributed by atoms with Gasteiger partial charge in [0.2, 0.25) is 8.32 Å². The molecule has 1 aliphatic heterocycles. The molecule has 2 bridgehead atoms. The van der Waals surface area contributed by atoms with Gasteiger partial charge in [-0.1, -0.05) is 62.3 Å². The first-order chi connectivity index (χ1) is 18.9. The molecule has 41 heavy (non-hydrogen) atoms. The molecule has 1 aromatic rings. The molecular formula is C33H54O6Si2. The van der Waals surface area contributed by atoms with E-state index in [9.17, 15) is 9.59 Å². The first-order valence-corrected chi connectivity index (χ1v) is 20.4. The third-order valence-corrected chi connectivity index (χ3v) is 20.6. The molecule has 1 saturated carbocycles. The lowest BCUT2D eigenvalue weighted by atomic mass is 9.67. The van der Waals surface area contributed by atoms with E-state index in [1.807, 2.05) is 19.1 Å². The minimum absolute atomic E-state index is 0.00800. The Labute approximate surface area is 250 Å². The number of furan rings is 1. The van der Waals surface area contributed by atoms with Crippen LogP contribution in [0.1, 0.15) is 110 Å². The lowest BCUT2D eigenvalue weighted by molar-refractivity contribution is -0.118. The number of carbonyl (C=O) groups excluding carboxylic acids is 2. The largest absolute Gasteiger partial charge is 0.465 e. The van der Waals surface area contributed by atoms with Gasteiger partial charge in [-0.3, -0.25) is 4.79 Å². The summed E-state index contributed by atoms with van der Waals surface area (Å²) in [6.07, 6.45) is 6.15. The summed E-state index contributed by atoms with van der Waals surface area (Å²) in [6.45, 7) is 26.7. The summed E-state index contributed by atoms with van der Waals surface area (Å²) in [6, 6.07) is 1.78. The molecule has 0 spiro atoms. The molecule has 2 heterocycles. The Morgan fingerprint density at radius 2 is 1.61 bits per heavy atom. The van der Waals surface area contributed by atoms with Gasteiger partial charge in [0, 0.05) is 24.4 Å². The summed E-state index contributed by atoms with van der Waals surface area (Å²) in [5.74, 6) is 0.648. The number of hydrogen-bond acceptors (Lipinski definition) is 6. The molecule has 8 heteroatoms. The lowest BCUT2D eigenvalue weighted by Crippen LogP contribution is -2.55. The van der Waals surface area contributed by atoms with Gasteiger partial charge in [-0.15, -0.1) is 0 Å². The Morgan fingerprint density at radius 3 is 2.12 bits per heavy atom. The van der Waals surface area contributed by atoms with Crippen molar-refractivity contribution in [3.05, 3.63) is 40.9 Å². The van der Waals surface area contributed by atoms with Crippen LogP contribution in [0.15, 0.2) is 28.2 Å². The highest BCUT2D eigenvalue weighted by Crippen LogP contribution is 2.53. The van der Waals surface area contributed by atoms with Gasteiger partial charge in [-0.05, 0) is 78.0 Å². The number of rotatable bonds is 8. The zero-order valence-corrected chi connectivity index (χ0v) is 29.7. The second-order valence-corrected chi connectivity index (χ2v) is 24.8. The second kappa shape index (κ2) is 12.5. The highest BCUT2D eigenvalue weighted by molar-refractivity contribution is 6.77. The topological polar surface area (TPSA) is 75.0 Å². The fourth-order valence-electron chi connectivity index (χ4n) is 6.66. The number of allylic oxidation sites excluding steroid dienone is 1. The van der Waals surface area contributed by atoms with E-state index >= 15 is 0 Å². The smallest absolute Gasteiger partial charge is 0.341 e. The first-order valence-electron chi connectivity index (χ1n) is 15.3. The minimum Gasteiger partial charge on any atom is -0.465 e. The Bertz CT molecular complexity index is 1150. The van der Waals surface area contributed by atoms with Crippen LogP contribution in [-0.2, 0) is 18.4 Å². The van der Waals surface area contributed by atoms with Gasteiger partial charge in [0.1, 0.15) is 17.1 Å². The molecule has 1 aromatic heterocycles. The number of ketones is 1. The molecule has 1 aliphatic carbocycles. The third-order valence-electron chi connectivity index (χ3n) is 10.0. The molecule has 4 atom stereocenters. The van der Waals surface area contributed by atoms with Gasteiger partial charge in [-0.2, -0.15) is 0 Å². The molecule has 3 rings (SSSR count). The monoisotopic (exact) mass is 602 g/mol. The Balaban J connectivity index is 2.09. The standard InChI is InChI=1S/C33H54O6Si2/c1-20(2)41(21(3)4,22(5)6)39-30-19-27-26(30)17-24(34)14-15-29(38-40(12,13)33(8,9)10)23(7)16-25-18-28(31(27)37-25)32(35)36-11/h14-16,18,20-22,26-27,29-30H,17,19H2,1-13H3/b15-14+,23-16+/t26-,27+,29-,30+/m1/s1. The number of fused-ring (bicyclic) bond motifs is 4. The van der Waals surface area contributed by atoms with Crippen molar-refractivity contribution in [3.8, 4) is 0 Å². The minimum atomic E-state index is -2.18. The van der Waals surface area contributed by atoms with Crippen LogP contribution in [0.5, 0.6) is 0 Å². The summed E-state index contributed by atoms with van der Waals surface area (Å²) in [5.41, 5.74) is 2.66.